The number of nitrogen functional groups attached to an aromatic ring is 1. The first-order valence-corrected chi connectivity index (χ1v) is 13.1. The summed E-state index contributed by atoms with van der Waals surface area (Å²) in [5.41, 5.74) is 4.98. The van der Waals surface area contributed by atoms with E-state index in [0.29, 0.717) is 25.8 Å². The highest BCUT2D eigenvalue weighted by molar-refractivity contribution is 7.89. The van der Waals surface area contributed by atoms with Gasteiger partial charge in [-0.2, -0.15) is 0 Å². The molecule has 1 heterocycles. The summed E-state index contributed by atoms with van der Waals surface area (Å²) >= 11 is 0. The van der Waals surface area contributed by atoms with Gasteiger partial charge in [0.15, 0.2) is 5.69 Å². The van der Waals surface area contributed by atoms with Crippen LogP contribution in [0.25, 0.3) is 0 Å². The minimum atomic E-state index is -3.72. The maximum absolute atomic E-state index is 13.4. The van der Waals surface area contributed by atoms with Crippen LogP contribution in [0.4, 0.5) is 11.5 Å². The zero-order valence-electron chi connectivity index (χ0n) is 20.3. The number of benzene rings is 1. The molecule has 0 aliphatic carbocycles. The minimum Gasteiger partial charge on any atom is -0.383 e. The average molecular weight is 494 g/mol. The van der Waals surface area contributed by atoms with Gasteiger partial charge in [-0.3, -0.25) is 19.1 Å². The summed E-state index contributed by atoms with van der Waals surface area (Å²) < 4.78 is 28.9. The molecule has 0 radical (unpaired) electrons. The van der Waals surface area contributed by atoms with E-state index in [1.807, 2.05) is 20.8 Å². The lowest BCUT2D eigenvalue weighted by molar-refractivity contribution is 0.0986. The molecule has 1 aromatic heterocycles. The molecule has 11 heteroatoms. The highest BCUT2D eigenvalue weighted by Gasteiger charge is 2.25. The largest absolute Gasteiger partial charge is 0.383 e. The number of H-pyrrole nitrogens is 1. The number of rotatable bonds is 12. The number of aromatic amines is 1. The summed E-state index contributed by atoms with van der Waals surface area (Å²) in [6, 6.07) is 5.29. The van der Waals surface area contributed by atoms with Gasteiger partial charge in [0.1, 0.15) is 5.82 Å². The number of hydrogen-bond acceptors (Lipinski definition) is 6. The fourth-order valence-electron chi connectivity index (χ4n) is 3.36. The molecule has 4 N–H and O–H groups in total. The van der Waals surface area contributed by atoms with Crippen LogP contribution in [-0.4, -0.2) is 36.5 Å². The molecule has 0 aliphatic rings. The maximum Gasteiger partial charge on any atom is 0.330 e. The van der Waals surface area contributed by atoms with E-state index >= 15 is 0 Å². The van der Waals surface area contributed by atoms with Crippen molar-refractivity contribution in [3.63, 3.8) is 0 Å². The van der Waals surface area contributed by atoms with Crippen molar-refractivity contribution in [3.8, 4) is 0 Å². The molecule has 0 fully saturated rings. The van der Waals surface area contributed by atoms with Crippen molar-refractivity contribution in [1.29, 1.82) is 0 Å². The number of nitrogens with one attached hydrogen (secondary N) is 2. The second-order valence-electron chi connectivity index (χ2n) is 8.26. The van der Waals surface area contributed by atoms with E-state index in [2.05, 4.69) is 9.71 Å². The Morgan fingerprint density at radius 2 is 1.74 bits per heavy atom. The Balaban J connectivity index is 2.48. The summed E-state index contributed by atoms with van der Waals surface area (Å²) in [4.78, 5) is 42.0. The van der Waals surface area contributed by atoms with Gasteiger partial charge in [0.05, 0.1) is 4.90 Å². The number of sulfonamides is 1. The lowest BCUT2D eigenvalue weighted by Gasteiger charge is -2.24. The molecule has 2 aromatic rings. The maximum atomic E-state index is 13.4. The number of aromatic nitrogens is 2. The zero-order chi connectivity index (χ0) is 25.5. The highest BCUT2D eigenvalue weighted by atomic mass is 32.2. The van der Waals surface area contributed by atoms with Gasteiger partial charge in [0, 0.05) is 24.7 Å². The first-order chi connectivity index (χ1) is 16.1. The van der Waals surface area contributed by atoms with Crippen LogP contribution in [0.2, 0.25) is 0 Å². The fraction of sp³-hybridized carbons (Fsp3) is 0.522. The molecular formula is C23H35N5O5S. The summed E-state index contributed by atoms with van der Waals surface area (Å²) in [6.07, 6.45) is 3.50. The second kappa shape index (κ2) is 12.0. The van der Waals surface area contributed by atoms with Crippen molar-refractivity contribution >= 4 is 27.4 Å². The van der Waals surface area contributed by atoms with E-state index in [0.717, 1.165) is 12.8 Å². The Morgan fingerprint density at radius 1 is 1.12 bits per heavy atom. The molecule has 0 aliphatic heterocycles. The zero-order valence-corrected chi connectivity index (χ0v) is 21.1. The number of anilines is 2. The normalized spacial score (nSPS) is 12.5. The molecular weight excluding hydrogens is 458 g/mol. The van der Waals surface area contributed by atoms with Crippen LogP contribution in [0.1, 0.15) is 70.2 Å². The summed E-state index contributed by atoms with van der Waals surface area (Å²) in [5, 5.41) is 0. The molecule has 34 heavy (non-hydrogen) atoms. The minimum absolute atomic E-state index is 0.0370. The topological polar surface area (TPSA) is 147 Å². The van der Waals surface area contributed by atoms with Gasteiger partial charge in [-0.1, -0.05) is 33.6 Å². The molecule has 0 spiro atoms. The number of unbranched alkanes of at least 4 members (excludes halogenated alkanes) is 2. The number of nitrogens with two attached hydrogens (primary N) is 1. The third kappa shape index (κ3) is 6.35. The molecule has 1 aromatic carbocycles. The average Bonchev–Trinajstić information content (AvgIpc) is 2.80. The molecule has 0 bridgehead atoms. The molecule has 2 rings (SSSR count). The Kier molecular flexibility index (Phi) is 9.63. The van der Waals surface area contributed by atoms with Crippen molar-refractivity contribution in [2.45, 2.75) is 77.3 Å². The molecule has 188 valence electrons. The van der Waals surface area contributed by atoms with Crippen LogP contribution in [0.15, 0.2) is 38.8 Å². The van der Waals surface area contributed by atoms with E-state index in [-0.39, 0.29) is 34.6 Å². The number of carbonyl (C=O) groups is 1. The molecule has 1 amide bonds. The monoisotopic (exact) mass is 493 g/mol. The van der Waals surface area contributed by atoms with Gasteiger partial charge in [-0.25, -0.2) is 17.9 Å². The van der Waals surface area contributed by atoms with Crippen molar-refractivity contribution in [2.75, 3.05) is 17.2 Å². The van der Waals surface area contributed by atoms with Crippen LogP contribution >= 0.6 is 0 Å². The van der Waals surface area contributed by atoms with Crippen LogP contribution < -0.4 is 26.6 Å². The van der Waals surface area contributed by atoms with Crippen LogP contribution in [-0.2, 0) is 16.6 Å². The molecule has 10 nitrogen and oxygen atoms in total. The summed E-state index contributed by atoms with van der Waals surface area (Å²) in [6.45, 7) is 8.08. The van der Waals surface area contributed by atoms with Gasteiger partial charge in [0.2, 0.25) is 10.0 Å². The Labute approximate surface area is 200 Å². The first-order valence-electron chi connectivity index (χ1n) is 11.6. The predicted molar refractivity (Wildman–Crippen MR) is 134 cm³/mol. The van der Waals surface area contributed by atoms with E-state index in [9.17, 15) is 22.8 Å². The van der Waals surface area contributed by atoms with Crippen molar-refractivity contribution in [3.05, 3.63) is 50.7 Å². The van der Waals surface area contributed by atoms with E-state index in [1.54, 1.807) is 6.92 Å². The number of hydrogen-bond donors (Lipinski definition) is 3. The standard InChI is InChI=1S/C23H35N5O5S/c1-5-8-14-27(19-20(24)28(15-9-6-2)23(31)25-21(19)29)22(30)17-10-12-18(13-11-17)34(32,33)26-16(4)7-3/h10-13,16,26H,5-9,14-15,24H2,1-4H3,(H,25,29,31). The van der Waals surface area contributed by atoms with Crippen LogP contribution in [0.5, 0.6) is 0 Å². The van der Waals surface area contributed by atoms with Gasteiger partial charge in [-0.15, -0.1) is 0 Å². The SMILES string of the molecule is CCCCN(C(=O)c1ccc(S(=O)(=O)NC(C)CC)cc1)c1c(N)n(CCCC)c(=O)[nH]c1=O. The van der Waals surface area contributed by atoms with Crippen LogP contribution in [0.3, 0.4) is 0 Å². The fourth-order valence-corrected chi connectivity index (χ4v) is 4.68. The predicted octanol–water partition coefficient (Wildman–Crippen LogP) is 2.44. The van der Waals surface area contributed by atoms with Crippen molar-refractivity contribution < 1.29 is 13.2 Å². The first kappa shape index (κ1) is 27.3. The van der Waals surface area contributed by atoms with Gasteiger partial charge >= 0.3 is 5.69 Å². The number of nitrogens with zero attached hydrogens (tertiary/aromatic N) is 2. The van der Waals surface area contributed by atoms with Crippen molar-refractivity contribution in [2.24, 2.45) is 0 Å². The van der Waals surface area contributed by atoms with Crippen molar-refractivity contribution in [1.82, 2.24) is 14.3 Å². The van der Waals surface area contributed by atoms with E-state index in [4.69, 9.17) is 5.73 Å². The number of amides is 1. The Hall–Kier alpha value is -2.92. The summed E-state index contributed by atoms with van der Waals surface area (Å²) in [7, 11) is -3.72. The molecule has 0 saturated heterocycles. The van der Waals surface area contributed by atoms with E-state index in [1.165, 1.54) is 33.7 Å². The highest BCUT2D eigenvalue weighted by Crippen LogP contribution is 2.21. The lowest BCUT2D eigenvalue weighted by Crippen LogP contribution is -2.41. The Bertz CT molecular complexity index is 1200. The number of carbonyl (C=O) groups excluding carboxylic acids is 1. The lowest BCUT2D eigenvalue weighted by atomic mass is 10.1. The van der Waals surface area contributed by atoms with Gasteiger partial charge < -0.3 is 10.6 Å². The Morgan fingerprint density at radius 3 is 2.29 bits per heavy atom. The third-order valence-corrected chi connectivity index (χ3v) is 7.19. The van der Waals surface area contributed by atoms with E-state index < -0.39 is 27.2 Å². The van der Waals surface area contributed by atoms with Crippen LogP contribution in [0, 0.1) is 0 Å². The molecule has 1 unspecified atom stereocenters. The smallest absolute Gasteiger partial charge is 0.330 e. The quantitative estimate of drug-likeness (QED) is 0.414. The van der Waals surface area contributed by atoms with Gasteiger partial charge in [0.25, 0.3) is 11.5 Å². The third-order valence-electron chi connectivity index (χ3n) is 5.58. The molecule has 1 atom stereocenters. The second-order valence-corrected chi connectivity index (χ2v) is 9.98. The summed E-state index contributed by atoms with van der Waals surface area (Å²) in [5.74, 6) is -0.575. The molecule has 0 saturated carbocycles. The van der Waals surface area contributed by atoms with Gasteiger partial charge in [-0.05, 0) is 50.5 Å².